The number of hydrogen-bond donors (Lipinski definition) is 1. The topological polar surface area (TPSA) is 95.3 Å². The summed E-state index contributed by atoms with van der Waals surface area (Å²) in [5, 5.41) is 19.8. The number of piperidine rings is 1. The third-order valence-electron chi connectivity index (χ3n) is 6.88. The first-order valence-electron chi connectivity index (χ1n) is 12.5. The van der Waals surface area contributed by atoms with Gasteiger partial charge in [-0.05, 0) is 62.4 Å². The van der Waals surface area contributed by atoms with Crippen LogP contribution in [0.3, 0.4) is 0 Å². The molecule has 0 unspecified atom stereocenters. The van der Waals surface area contributed by atoms with Gasteiger partial charge in [0.15, 0.2) is 5.65 Å². The maximum absolute atomic E-state index is 13.4. The Morgan fingerprint density at radius 1 is 1.14 bits per heavy atom. The summed E-state index contributed by atoms with van der Waals surface area (Å²) >= 11 is 0. The maximum Gasteiger partial charge on any atom is 0.225 e. The normalized spacial score (nSPS) is 14.4. The second-order valence-electron chi connectivity index (χ2n) is 9.45. The maximum atomic E-state index is 13.4. The summed E-state index contributed by atoms with van der Waals surface area (Å²) in [7, 11) is 1.91. The zero-order valence-electron chi connectivity index (χ0n) is 20.5. The van der Waals surface area contributed by atoms with Gasteiger partial charge < -0.3 is 9.80 Å². The number of amides is 1. The summed E-state index contributed by atoms with van der Waals surface area (Å²) < 4.78 is 15.1. The number of anilines is 1. The lowest BCUT2D eigenvalue weighted by molar-refractivity contribution is -0.134. The van der Waals surface area contributed by atoms with Crippen molar-refractivity contribution in [3.8, 4) is 11.3 Å². The largest absolute Gasteiger partial charge is 0.355 e. The smallest absolute Gasteiger partial charge is 0.225 e. The van der Waals surface area contributed by atoms with Crippen LogP contribution in [0.5, 0.6) is 0 Å². The Morgan fingerprint density at radius 2 is 2.00 bits per heavy atom. The summed E-state index contributed by atoms with van der Waals surface area (Å²) in [5.41, 5.74) is 3.30. The molecule has 1 amide bonds. The first-order valence-corrected chi connectivity index (χ1v) is 12.5. The molecule has 5 rings (SSSR count). The number of unbranched alkanes of at least 4 members (excludes halogenated alkanes) is 2. The summed E-state index contributed by atoms with van der Waals surface area (Å²) in [6, 6.07) is 12.3. The number of benzene rings is 1. The van der Waals surface area contributed by atoms with Crippen LogP contribution in [-0.2, 0) is 11.2 Å². The van der Waals surface area contributed by atoms with Crippen LogP contribution in [0.2, 0.25) is 0 Å². The van der Waals surface area contributed by atoms with E-state index in [0.717, 1.165) is 86.6 Å². The lowest BCUT2D eigenvalue weighted by Crippen LogP contribution is -2.41. The van der Waals surface area contributed by atoms with Gasteiger partial charge in [-0.25, -0.2) is 4.39 Å². The van der Waals surface area contributed by atoms with Crippen LogP contribution in [0.25, 0.3) is 16.9 Å². The van der Waals surface area contributed by atoms with Crippen LogP contribution in [-0.4, -0.2) is 67.5 Å². The number of nitrogens with zero attached hydrogens (tertiary/aromatic N) is 7. The van der Waals surface area contributed by atoms with E-state index in [-0.39, 0.29) is 17.6 Å². The molecule has 36 heavy (non-hydrogen) atoms. The van der Waals surface area contributed by atoms with Crippen LogP contribution in [0.4, 0.5) is 10.2 Å². The third kappa shape index (κ3) is 5.53. The lowest BCUT2D eigenvalue weighted by atomic mass is 9.95. The zero-order chi connectivity index (χ0) is 24.9. The van der Waals surface area contributed by atoms with Crippen LogP contribution in [0.15, 0.2) is 48.8 Å². The average molecular weight is 491 g/mol. The SMILES string of the molecule is CN(CCCCCc1cc(-c2cccc(F)c2)n[nH]1)C(=O)C1CCN(c2ccc3nncn3n2)CC1. The van der Waals surface area contributed by atoms with Crippen molar-refractivity contribution >= 4 is 17.4 Å². The van der Waals surface area contributed by atoms with Gasteiger partial charge in [-0.1, -0.05) is 18.6 Å². The summed E-state index contributed by atoms with van der Waals surface area (Å²) in [6.45, 7) is 2.39. The molecule has 1 fully saturated rings. The molecule has 0 spiro atoms. The summed E-state index contributed by atoms with van der Waals surface area (Å²) in [4.78, 5) is 17.1. The van der Waals surface area contributed by atoms with Crippen LogP contribution in [0, 0.1) is 11.7 Å². The number of nitrogens with one attached hydrogen (secondary N) is 1. The van der Waals surface area contributed by atoms with E-state index in [0.29, 0.717) is 0 Å². The molecular formula is C26H31FN8O. The predicted octanol–water partition coefficient (Wildman–Crippen LogP) is 3.74. The van der Waals surface area contributed by atoms with Gasteiger partial charge in [0.25, 0.3) is 0 Å². The Labute approximate surface area is 209 Å². The Bertz CT molecular complexity index is 1310. The molecular weight excluding hydrogens is 459 g/mol. The van der Waals surface area contributed by atoms with Crippen molar-refractivity contribution in [1.29, 1.82) is 0 Å². The Kier molecular flexibility index (Phi) is 7.20. The molecule has 0 radical (unpaired) electrons. The highest BCUT2D eigenvalue weighted by Crippen LogP contribution is 2.24. The number of aryl methyl sites for hydroxylation is 1. The summed E-state index contributed by atoms with van der Waals surface area (Å²) in [6.07, 6.45) is 7.15. The van der Waals surface area contributed by atoms with Gasteiger partial charge >= 0.3 is 0 Å². The lowest BCUT2D eigenvalue weighted by Gasteiger charge is -2.33. The van der Waals surface area contributed by atoms with Crippen molar-refractivity contribution in [2.75, 3.05) is 31.6 Å². The first kappa shape index (κ1) is 23.9. The van der Waals surface area contributed by atoms with Gasteiger partial charge in [-0.15, -0.1) is 15.3 Å². The molecule has 0 aliphatic carbocycles. The number of halogens is 1. The summed E-state index contributed by atoms with van der Waals surface area (Å²) in [5.74, 6) is 0.937. The van der Waals surface area contributed by atoms with Crippen molar-refractivity contribution in [1.82, 2.24) is 34.9 Å². The van der Waals surface area contributed by atoms with Gasteiger partial charge in [0.1, 0.15) is 18.0 Å². The van der Waals surface area contributed by atoms with E-state index < -0.39 is 0 Å². The van der Waals surface area contributed by atoms with E-state index in [2.05, 4.69) is 30.4 Å². The zero-order valence-corrected chi connectivity index (χ0v) is 20.5. The second kappa shape index (κ2) is 10.8. The van der Waals surface area contributed by atoms with E-state index in [1.54, 1.807) is 16.9 Å². The van der Waals surface area contributed by atoms with E-state index in [1.165, 1.54) is 12.1 Å². The molecule has 1 N–H and O–H groups in total. The molecule has 1 saturated heterocycles. The highest BCUT2D eigenvalue weighted by molar-refractivity contribution is 5.78. The quantitative estimate of drug-likeness (QED) is 0.359. The van der Waals surface area contributed by atoms with Crippen molar-refractivity contribution in [2.45, 2.75) is 38.5 Å². The Morgan fingerprint density at radius 3 is 2.83 bits per heavy atom. The van der Waals surface area contributed by atoms with E-state index in [1.807, 2.05) is 36.2 Å². The van der Waals surface area contributed by atoms with Gasteiger partial charge in [-0.3, -0.25) is 9.89 Å². The van der Waals surface area contributed by atoms with Crippen molar-refractivity contribution in [3.63, 3.8) is 0 Å². The number of rotatable bonds is 9. The predicted molar refractivity (Wildman–Crippen MR) is 135 cm³/mol. The molecule has 10 heteroatoms. The Hall–Kier alpha value is -3.82. The van der Waals surface area contributed by atoms with Gasteiger partial charge in [0.2, 0.25) is 5.91 Å². The molecule has 4 aromatic rings. The third-order valence-corrected chi connectivity index (χ3v) is 6.88. The number of aromatic nitrogens is 6. The Balaban J connectivity index is 1.01. The van der Waals surface area contributed by atoms with Crippen molar-refractivity contribution < 1.29 is 9.18 Å². The van der Waals surface area contributed by atoms with Gasteiger partial charge in [0.05, 0.1) is 5.69 Å². The van der Waals surface area contributed by atoms with Crippen LogP contribution < -0.4 is 4.90 Å². The van der Waals surface area contributed by atoms with E-state index >= 15 is 0 Å². The monoisotopic (exact) mass is 490 g/mol. The molecule has 188 valence electrons. The van der Waals surface area contributed by atoms with Gasteiger partial charge in [-0.2, -0.15) is 9.61 Å². The number of carbonyl (C=O) groups is 1. The van der Waals surface area contributed by atoms with Crippen LogP contribution in [0.1, 0.15) is 37.8 Å². The number of aromatic amines is 1. The molecule has 1 aliphatic heterocycles. The minimum Gasteiger partial charge on any atom is -0.355 e. The first-order chi connectivity index (χ1) is 17.6. The van der Waals surface area contributed by atoms with E-state index in [9.17, 15) is 9.18 Å². The number of H-pyrrole nitrogens is 1. The minimum atomic E-state index is -0.261. The highest BCUT2D eigenvalue weighted by Gasteiger charge is 2.27. The van der Waals surface area contributed by atoms with Crippen molar-refractivity contribution in [2.24, 2.45) is 5.92 Å². The average Bonchev–Trinajstić information content (AvgIpc) is 3.57. The molecule has 3 aromatic heterocycles. The standard InChI is InChI=1S/C26H31FN8O/c1-33(13-4-2-3-8-22-17-23(30-29-22)20-6-5-7-21(27)16-20)26(36)19-11-14-34(15-12-19)25-10-9-24-31-28-18-35(24)32-25/h5-7,9-10,16-19H,2-4,8,11-15H2,1H3,(H,29,30). The van der Waals surface area contributed by atoms with Gasteiger partial charge in [0, 0.05) is 43.9 Å². The van der Waals surface area contributed by atoms with Crippen LogP contribution >= 0.6 is 0 Å². The molecule has 1 aromatic carbocycles. The molecule has 0 atom stereocenters. The molecule has 4 heterocycles. The fourth-order valence-corrected chi connectivity index (χ4v) is 4.79. The number of hydrogen-bond acceptors (Lipinski definition) is 6. The minimum absolute atomic E-state index is 0.0659. The van der Waals surface area contributed by atoms with Crippen molar-refractivity contribution in [3.05, 3.63) is 60.3 Å². The number of fused-ring (bicyclic) bond motifs is 1. The highest BCUT2D eigenvalue weighted by atomic mass is 19.1. The second-order valence-corrected chi connectivity index (χ2v) is 9.45. The molecule has 0 bridgehead atoms. The fourth-order valence-electron chi connectivity index (χ4n) is 4.79. The molecule has 0 saturated carbocycles. The number of carbonyl (C=O) groups excluding carboxylic acids is 1. The fraction of sp³-hybridized carbons (Fsp3) is 0.423. The molecule has 1 aliphatic rings. The molecule has 9 nitrogen and oxygen atoms in total. The van der Waals surface area contributed by atoms with E-state index in [4.69, 9.17) is 0 Å².